The molecule has 3 heteroatoms. The van der Waals surface area contributed by atoms with E-state index in [-0.39, 0.29) is 5.91 Å². The second-order valence-corrected chi connectivity index (χ2v) is 4.67. The van der Waals surface area contributed by atoms with E-state index in [9.17, 15) is 4.79 Å². The summed E-state index contributed by atoms with van der Waals surface area (Å²) < 4.78 is 0. The SMILES string of the molecule is CCCCCCC(=O)N/N=C/C1CC=CCC1. The number of allylic oxidation sites excluding steroid dienone is 2. The van der Waals surface area contributed by atoms with Crippen LogP contribution in [-0.4, -0.2) is 12.1 Å². The van der Waals surface area contributed by atoms with Crippen LogP contribution in [0.15, 0.2) is 17.3 Å². The molecule has 0 spiro atoms. The molecule has 0 aromatic heterocycles. The summed E-state index contributed by atoms with van der Waals surface area (Å²) in [6.07, 6.45) is 14.7. The maximum Gasteiger partial charge on any atom is 0.240 e. The molecule has 1 rings (SSSR count). The quantitative estimate of drug-likeness (QED) is 0.313. The highest BCUT2D eigenvalue weighted by molar-refractivity contribution is 5.76. The molecule has 1 aliphatic rings. The number of amides is 1. The Balaban J connectivity index is 2.06. The van der Waals surface area contributed by atoms with Crippen molar-refractivity contribution in [2.75, 3.05) is 0 Å². The van der Waals surface area contributed by atoms with Gasteiger partial charge in [-0.25, -0.2) is 5.43 Å². The van der Waals surface area contributed by atoms with Crippen LogP contribution in [0.4, 0.5) is 0 Å². The maximum atomic E-state index is 11.4. The van der Waals surface area contributed by atoms with Gasteiger partial charge in [0.15, 0.2) is 0 Å². The maximum absolute atomic E-state index is 11.4. The lowest BCUT2D eigenvalue weighted by molar-refractivity contribution is -0.121. The summed E-state index contributed by atoms with van der Waals surface area (Å²) in [5.41, 5.74) is 2.61. The van der Waals surface area contributed by atoms with Gasteiger partial charge in [0.2, 0.25) is 5.91 Å². The second-order valence-electron chi connectivity index (χ2n) is 4.67. The molecule has 3 nitrogen and oxygen atoms in total. The molecular weight excluding hydrogens is 212 g/mol. The number of nitrogens with one attached hydrogen (secondary N) is 1. The van der Waals surface area contributed by atoms with Gasteiger partial charge in [0.25, 0.3) is 0 Å². The first-order valence-corrected chi connectivity index (χ1v) is 6.80. The molecule has 1 amide bonds. The molecule has 1 atom stereocenters. The molecule has 1 unspecified atom stereocenters. The number of hydrogen-bond acceptors (Lipinski definition) is 2. The van der Waals surface area contributed by atoms with Crippen LogP contribution >= 0.6 is 0 Å². The molecule has 1 aliphatic carbocycles. The third-order valence-electron chi connectivity index (χ3n) is 3.04. The normalized spacial score (nSPS) is 19.7. The fraction of sp³-hybridized carbons (Fsp3) is 0.714. The smallest absolute Gasteiger partial charge is 0.240 e. The monoisotopic (exact) mass is 236 g/mol. The van der Waals surface area contributed by atoms with E-state index in [2.05, 4.69) is 29.6 Å². The van der Waals surface area contributed by atoms with E-state index in [1.807, 2.05) is 6.21 Å². The number of carbonyl (C=O) groups is 1. The zero-order valence-corrected chi connectivity index (χ0v) is 10.8. The Morgan fingerprint density at radius 2 is 2.29 bits per heavy atom. The van der Waals surface area contributed by atoms with E-state index >= 15 is 0 Å². The van der Waals surface area contributed by atoms with Gasteiger partial charge in [0, 0.05) is 12.6 Å². The number of carbonyl (C=O) groups excluding carboxylic acids is 1. The summed E-state index contributed by atoms with van der Waals surface area (Å²) in [6.45, 7) is 2.17. The fourth-order valence-corrected chi connectivity index (χ4v) is 1.94. The standard InChI is InChI=1S/C14H24N2O/c1-2-3-4-8-11-14(17)16-15-12-13-9-6-5-7-10-13/h5-6,12-13H,2-4,7-11H2,1H3,(H,16,17)/b15-12+. The van der Waals surface area contributed by atoms with Gasteiger partial charge in [-0.15, -0.1) is 0 Å². The lowest BCUT2D eigenvalue weighted by atomic mass is 9.96. The summed E-state index contributed by atoms with van der Waals surface area (Å²) in [5.74, 6) is 0.545. The molecule has 17 heavy (non-hydrogen) atoms. The summed E-state index contributed by atoms with van der Waals surface area (Å²) >= 11 is 0. The van der Waals surface area contributed by atoms with Crippen molar-refractivity contribution in [1.82, 2.24) is 5.43 Å². The number of hydrogen-bond donors (Lipinski definition) is 1. The minimum absolute atomic E-state index is 0.0451. The van der Waals surface area contributed by atoms with Crippen molar-refractivity contribution in [3.05, 3.63) is 12.2 Å². The Kier molecular flexibility index (Phi) is 7.35. The van der Waals surface area contributed by atoms with Crippen LogP contribution in [0.2, 0.25) is 0 Å². The number of nitrogens with zero attached hydrogens (tertiary/aromatic N) is 1. The van der Waals surface area contributed by atoms with Gasteiger partial charge in [0.05, 0.1) is 0 Å². The first-order valence-electron chi connectivity index (χ1n) is 6.80. The van der Waals surface area contributed by atoms with E-state index in [1.54, 1.807) is 0 Å². The number of unbranched alkanes of at least 4 members (excludes halogenated alkanes) is 3. The van der Waals surface area contributed by atoms with Gasteiger partial charge < -0.3 is 0 Å². The first kappa shape index (κ1) is 13.9. The van der Waals surface area contributed by atoms with E-state index in [0.717, 1.165) is 32.1 Å². The van der Waals surface area contributed by atoms with Crippen LogP contribution < -0.4 is 5.43 Å². The molecule has 0 saturated heterocycles. The van der Waals surface area contributed by atoms with Crippen molar-refractivity contribution in [3.63, 3.8) is 0 Å². The van der Waals surface area contributed by atoms with E-state index in [0.29, 0.717) is 12.3 Å². The minimum atomic E-state index is 0.0451. The molecule has 0 aliphatic heterocycles. The van der Waals surface area contributed by atoms with Gasteiger partial charge in [-0.3, -0.25) is 4.79 Å². The van der Waals surface area contributed by atoms with Crippen molar-refractivity contribution in [1.29, 1.82) is 0 Å². The zero-order valence-electron chi connectivity index (χ0n) is 10.8. The Labute approximate surface area is 104 Å². The molecule has 1 N–H and O–H groups in total. The Hall–Kier alpha value is -1.12. The van der Waals surface area contributed by atoms with Crippen molar-refractivity contribution in [2.45, 2.75) is 58.3 Å². The van der Waals surface area contributed by atoms with Crippen molar-refractivity contribution >= 4 is 12.1 Å². The zero-order chi connectivity index (χ0) is 12.3. The van der Waals surface area contributed by atoms with Crippen molar-refractivity contribution in [3.8, 4) is 0 Å². The summed E-state index contributed by atoms with van der Waals surface area (Å²) in [4.78, 5) is 11.4. The highest BCUT2D eigenvalue weighted by Crippen LogP contribution is 2.15. The van der Waals surface area contributed by atoms with Gasteiger partial charge >= 0.3 is 0 Å². The third-order valence-corrected chi connectivity index (χ3v) is 3.04. The molecule has 0 aromatic carbocycles. The van der Waals surface area contributed by atoms with Gasteiger partial charge in [-0.05, 0) is 31.6 Å². The molecular formula is C14H24N2O. The predicted molar refractivity (Wildman–Crippen MR) is 71.9 cm³/mol. The fourth-order valence-electron chi connectivity index (χ4n) is 1.94. The van der Waals surface area contributed by atoms with E-state index in [4.69, 9.17) is 0 Å². The average Bonchev–Trinajstić information content (AvgIpc) is 2.36. The highest BCUT2D eigenvalue weighted by Gasteiger charge is 2.06. The second kappa shape index (κ2) is 8.97. The lowest BCUT2D eigenvalue weighted by Gasteiger charge is -2.11. The molecule has 0 aromatic rings. The van der Waals surface area contributed by atoms with Crippen LogP contribution in [0.5, 0.6) is 0 Å². The third kappa shape index (κ3) is 6.93. The molecule has 96 valence electrons. The topological polar surface area (TPSA) is 41.5 Å². The summed E-state index contributed by atoms with van der Waals surface area (Å²) in [6, 6.07) is 0. The van der Waals surface area contributed by atoms with Gasteiger partial charge in [-0.1, -0.05) is 38.3 Å². The van der Waals surface area contributed by atoms with E-state index in [1.165, 1.54) is 12.8 Å². The van der Waals surface area contributed by atoms with Gasteiger partial charge in [-0.2, -0.15) is 5.10 Å². The van der Waals surface area contributed by atoms with Crippen LogP contribution in [0.1, 0.15) is 58.3 Å². The largest absolute Gasteiger partial charge is 0.273 e. The van der Waals surface area contributed by atoms with Gasteiger partial charge in [0.1, 0.15) is 0 Å². The molecule has 0 fully saturated rings. The molecule has 0 heterocycles. The summed E-state index contributed by atoms with van der Waals surface area (Å²) in [5, 5.41) is 4.04. The van der Waals surface area contributed by atoms with Crippen LogP contribution in [0.3, 0.4) is 0 Å². The predicted octanol–water partition coefficient (Wildman–Crippen LogP) is 3.42. The summed E-state index contributed by atoms with van der Waals surface area (Å²) in [7, 11) is 0. The average molecular weight is 236 g/mol. The molecule has 0 bridgehead atoms. The van der Waals surface area contributed by atoms with E-state index < -0.39 is 0 Å². The first-order chi connectivity index (χ1) is 8.33. The Morgan fingerprint density at radius 3 is 3.00 bits per heavy atom. The van der Waals surface area contributed by atoms with Crippen LogP contribution in [0.25, 0.3) is 0 Å². The minimum Gasteiger partial charge on any atom is -0.273 e. The molecule has 0 radical (unpaired) electrons. The Morgan fingerprint density at radius 1 is 1.41 bits per heavy atom. The van der Waals surface area contributed by atoms with Crippen molar-refractivity contribution < 1.29 is 4.79 Å². The van der Waals surface area contributed by atoms with Crippen LogP contribution in [0, 0.1) is 5.92 Å². The number of rotatable bonds is 7. The highest BCUT2D eigenvalue weighted by atomic mass is 16.2. The Bertz CT molecular complexity index is 271. The lowest BCUT2D eigenvalue weighted by Crippen LogP contribution is -2.18. The number of hydrazone groups is 1. The van der Waals surface area contributed by atoms with Crippen LogP contribution in [-0.2, 0) is 4.79 Å². The molecule has 0 saturated carbocycles. The van der Waals surface area contributed by atoms with Crippen molar-refractivity contribution in [2.24, 2.45) is 11.0 Å².